The summed E-state index contributed by atoms with van der Waals surface area (Å²) in [5, 5.41) is 12.5. The van der Waals surface area contributed by atoms with Gasteiger partial charge in [0.25, 0.3) is 0 Å². The molecule has 0 aromatic carbocycles. The molecular formula is C18H29N3O4. The van der Waals surface area contributed by atoms with Crippen LogP contribution in [0.5, 0.6) is 0 Å². The standard InChI is InChI=1S/C18H29N3O4/c22-15(19-18(16(23)24)8-2-1-3-9-18)14-7-6-12-21(13-14)17(25)20-10-4-5-11-20/h14H,1-13H2,(H,19,22)(H,23,24)/t14-/m0/s1. The van der Waals surface area contributed by atoms with Crippen LogP contribution in [-0.4, -0.2) is 64.5 Å². The lowest BCUT2D eigenvalue weighted by molar-refractivity contribution is -0.150. The van der Waals surface area contributed by atoms with Gasteiger partial charge in [0.05, 0.1) is 5.92 Å². The van der Waals surface area contributed by atoms with Crippen molar-refractivity contribution in [3.8, 4) is 0 Å². The minimum atomic E-state index is -1.11. The van der Waals surface area contributed by atoms with Crippen molar-refractivity contribution in [2.45, 2.75) is 63.3 Å². The molecule has 3 fully saturated rings. The lowest BCUT2D eigenvalue weighted by Gasteiger charge is -2.38. The number of carbonyl (C=O) groups is 3. The molecule has 0 aromatic heterocycles. The second-order valence-corrected chi connectivity index (χ2v) is 7.70. The van der Waals surface area contributed by atoms with Crippen LogP contribution in [0, 0.1) is 5.92 Å². The highest BCUT2D eigenvalue weighted by Gasteiger charge is 2.43. The van der Waals surface area contributed by atoms with E-state index in [1.165, 1.54) is 0 Å². The highest BCUT2D eigenvalue weighted by Crippen LogP contribution is 2.30. The third kappa shape index (κ3) is 3.90. The number of urea groups is 1. The Morgan fingerprint density at radius 1 is 0.880 bits per heavy atom. The number of aliphatic carboxylic acids is 1. The van der Waals surface area contributed by atoms with Crippen LogP contribution in [0.15, 0.2) is 0 Å². The number of likely N-dealkylation sites (tertiary alicyclic amines) is 2. The first kappa shape index (κ1) is 18.0. The van der Waals surface area contributed by atoms with Crippen molar-refractivity contribution in [1.82, 2.24) is 15.1 Å². The fraction of sp³-hybridized carbons (Fsp3) is 0.833. The van der Waals surface area contributed by atoms with E-state index in [0.717, 1.165) is 51.6 Å². The van der Waals surface area contributed by atoms with Crippen molar-refractivity contribution < 1.29 is 19.5 Å². The van der Waals surface area contributed by atoms with Gasteiger partial charge in [-0.15, -0.1) is 0 Å². The van der Waals surface area contributed by atoms with Gasteiger partial charge in [-0.1, -0.05) is 19.3 Å². The number of nitrogens with zero attached hydrogens (tertiary/aromatic N) is 2. The van der Waals surface area contributed by atoms with E-state index in [9.17, 15) is 19.5 Å². The van der Waals surface area contributed by atoms with Crippen molar-refractivity contribution in [2.24, 2.45) is 5.92 Å². The summed E-state index contributed by atoms with van der Waals surface area (Å²) in [6.07, 6.45) is 7.27. The Labute approximate surface area is 148 Å². The zero-order chi connectivity index (χ0) is 17.9. The maximum Gasteiger partial charge on any atom is 0.329 e. The maximum absolute atomic E-state index is 12.7. The van der Waals surface area contributed by atoms with E-state index in [-0.39, 0.29) is 17.9 Å². The second kappa shape index (κ2) is 7.62. The Morgan fingerprint density at radius 2 is 1.52 bits per heavy atom. The molecule has 7 nitrogen and oxygen atoms in total. The fourth-order valence-corrected chi connectivity index (χ4v) is 4.36. The van der Waals surface area contributed by atoms with Crippen molar-refractivity contribution in [2.75, 3.05) is 26.2 Å². The topological polar surface area (TPSA) is 90.0 Å². The molecule has 0 unspecified atom stereocenters. The molecule has 0 bridgehead atoms. The van der Waals surface area contributed by atoms with Crippen LogP contribution < -0.4 is 5.32 Å². The van der Waals surface area contributed by atoms with E-state index < -0.39 is 11.5 Å². The van der Waals surface area contributed by atoms with Gasteiger partial charge in [0.15, 0.2) is 0 Å². The molecule has 1 saturated carbocycles. The summed E-state index contributed by atoms with van der Waals surface area (Å²) < 4.78 is 0. The predicted octanol–water partition coefficient (Wildman–Crippen LogP) is 1.82. The molecule has 1 aliphatic carbocycles. The number of carboxylic acid groups (broad SMARTS) is 1. The van der Waals surface area contributed by atoms with E-state index >= 15 is 0 Å². The normalized spacial score (nSPS) is 26.3. The Hall–Kier alpha value is -1.79. The average molecular weight is 351 g/mol. The van der Waals surface area contributed by atoms with E-state index in [0.29, 0.717) is 32.4 Å². The summed E-state index contributed by atoms with van der Waals surface area (Å²) in [5.74, 6) is -1.44. The van der Waals surface area contributed by atoms with Crippen LogP contribution in [0.4, 0.5) is 4.79 Å². The molecule has 25 heavy (non-hydrogen) atoms. The van der Waals surface area contributed by atoms with Crippen LogP contribution in [0.1, 0.15) is 57.8 Å². The van der Waals surface area contributed by atoms with Crippen LogP contribution in [0.2, 0.25) is 0 Å². The number of rotatable bonds is 3. The van der Waals surface area contributed by atoms with Crippen molar-refractivity contribution in [1.29, 1.82) is 0 Å². The summed E-state index contributed by atoms with van der Waals surface area (Å²) in [7, 11) is 0. The second-order valence-electron chi connectivity index (χ2n) is 7.70. The lowest BCUT2D eigenvalue weighted by Crippen LogP contribution is -2.58. The summed E-state index contributed by atoms with van der Waals surface area (Å²) in [4.78, 5) is 40.7. The molecule has 2 aliphatic heterocycles. The van der Waals surface area contributed by atoms with Gasteiger partial charge in [0.2, 0.25) is 5.91 Å². The van der Waals surface area contributed by atoms with Gasteiger partial charge in [-0.25, -0.2) is 9.59 Å². The van der Waals surface area contributed by atoms with Crippen molar-refractivity contribution in [3.63, 3.8) is 0 Å². The third-order valence-corrected chi connectivity index (χ3v) is 5.92. The largest absolute Gasteiger partial charge is 0.480 e. The molecule has 0 aromatic rings. The Balaban J connectivity index is 1.61. The lowest BCUT2D eigenvalue weighted by atomic mass is 9.81. The zero-order valence-electron chi connectivity index (χ0n) is 14.8. The predicted molar refractivity (Wildman–Crippen MR) is 92.1 cm³/mol. The molecule has 1 atom stereocenters. The smallest absolute Gasteiger partial charge is 0.329 e. The number of hydrogen-bond donors (Lipinski definition) is 2. The minimum Gasteiger partial charge on any atom is -0.480 e. The van der Waals surface area contributed by atoms with Crippen LogP contribution in [0.25, 0.3) is 0 Å². The number of amides is 3. The summed E-state index contributed by atoms with van der Waals surface area (Å²) >= 11 is 0. The van der Waals surface area contributed by atoms with E-state index in [1.807, 2.05) is 4.90 Å². The number of hydrogen-bond acceptors (Lipinski definition) is 3. The van der Waals surface area contributed by atoms with Gasteiger partial charge in [0.1, 0.15) is 5.54 Å². The molecule has 3 aliphatic rings. The molecule has 3 amide bonds. The molecule has 0 spiro atoms. The highest BCUT2D eigenvalue weighted by molar-refractivity contribution is 5.88. The van der Waals surface area contributed by atoms with Crippen molar-refractivity contribution in [3.05, 3.63) is 0 Å². The fourth-order valence-electron chi connectivity index (χ4n) is 4.36. The van der Waals surface area contributed by atoms with Gasteiger partial charge in [0, 0.05) is 26.2 Å². The number of nitrogens with one attached hydrogen (secondary N) is 1. The monoisotopic (exact) mass is 351 g/mol. The molecule has 2 saturated heterocycles. The number of carboxylic acids is 1. The molecule has 2 N–H and O–H groups in total. The molecule has 0 radical (unpaired) electrons. The Morgan fingerprint density at radius 3 is 2.16 bits per heavy atom. The minimum absolute atomic E-state index is 0.0283. The van der Waals surface area contributed by atoms with Gasteiger partial charge in [-0.3, -0.25) is 4.79 Å². The quantitative estimate of drug-likeness (QED) is 0.811. The zero-order valence-corrected chi connectivity index (χ0v) is 14.8. The van der Waals surface area contributed by atoms with Crippen molar-refractivity contribution >= 4 is 17.9 Å². The van der Waals surface area contributed by atoms with Crippen LogP contribution in [0.3, 0.4) is 0 Å². The summed E-state index contributed by atoms with van der Waals surface area (Å²) in [6, 6.07) is 0.0283. The Kier molecular flexibility index (Phi) is 5.49. The van der Waals surface area contributed by atoms with Crippen LogP contribution >= 0.6 is 0 Å². The van der Waals surface area contributed by atoms with E-state index in [4.69, 9.17) is 0 Å². The molecule has 3 rings (SSSR count). The van der Waals surface area contributed by atoms with Crippen LogP contribution in [-0.2, 0) is 9.59 Å². The van der Waals surface area contributed by atoms with E-state index in [1.54, 1.807) is 4.90 Å². The number of carbonyl (C=O) groups excluding carboxylic acids is 2. The van der Waals surface area contributed by atoms with Gasteiger partial charge < -0.3 is 20.2 Å². The average Bonchev–Trinajstić information content (AvgIpc) is 3.16. The third-order valence-electron chi connectivity index (χ3n) is 5.92. The van der Waals surface area contributed by atoms with Gasteiger partial charge >= 0.3 is 12.0 Å². The number of piperidine rings is 1. The molecular weight excluding hydrogens is 322 g/mol. The first-order chi connectivity index (χ1) is 12.0. The Bertz CT molecular complexity index is 524. The van der Waals surface area contributed by atoms with E-state index in [2.05, 4.69) is 5.32 Å². The molecule has 7 heteroatoms. The van der Waals surface area contributed by atoms with Gasteiger partial charge in [-0.05, 0) is 38.5 Å². The first-order valence-corrected chi connectivity index (χ1v) is 9.61. The SMILES string of the molecule is O=C(NC1(C(=O)O)CCCCC1)[C@H]1CCCN(C(=O)N2CCCC2)C1. The summed E-state index contributed by atoms with van der Waals surface area (Å²) in [6.45, 7) is 2.68. The highest BCUT2D eigenvalue weighted by atomic mass is 16.4. The molecule has 140 valence electrons. The molecule has 2 heterocycles. The van der Waals surface area contributed by atoms with Gasteiger partial charge in [-0.2, -0.15) is 0 Å². The maximum atomic E-state index is 12.7. The summed E-state index contributed by atoms with van der Waals surface area (Å²) in [5.41, 5.74) is -1.11. The first-order valence-electron chi connectivity index (χ1n) is 9.61.